The molecule has 2 N–H and O–H groups in total. The van der Waals surface area contributed by atoms with Crippen LogP contribution in [-0.2, 0) is 33.6 Å². The third kappa shape index (κ3) is 5.32. The van der Waals surface area contributed by atoms with Gasteiger partial charge in [-0.05, 0) is 55.7 Å². The van der Waals surface area contributed by atoms with Crippen LogP contribution in [0.3, 0.4) is 0 Å². The monoisotopic (exact) mass is 472 g/mol. The number of nitrogens with zero attached hydrogens (tertiary/aromatic N) is 4. The predicted octanol–water partition coefficient (Wildman–Crippen LogP) is 3.07. The zero-order valence-electron chi connectivity index (χ0n) is 20.7. The molecule has 0 radical (unpaired) electrons. The van der Waals surface area contributed by atoms with E-state index in [0.29, 0.717) is 11.6 Å². The van der Waals surface area contributed by atoms with Crippen LogP contribution >= 0.6 is 0 Å². The lowest BCUT2D eigenvalue weighted by Gasteiger charge is -2.08. The number of aryl methyl sites for hydroxylation is 4. The minimum Gasteiger partial charge on any atom is -0.315 e. The maximum atomic E-state index is 12.7. The molecule has 4 rings (SSSR count). The van der Waals surface area contributed by atoms with Gasteiger partial charge in [0, 0.05) is 11.4 Å². The van der Waals surface area contributed by atoms with Crippen LogP contribution in [0.4, 0.5) is 11.4 Å². The summed E-state index contributed by atoms with van der Waals surface area (Å²) in [6.45, 7) is 5.49. The molecule has 0 saturated carbocycles. The highest BCUT2D eigenvalue weighted by Gasteiger charge is 2.23. The predicted molar refractivity (Wildman–Crippen MR) is 134 cm³/mol. The van der Waals surface area contributed by atoms with Crippen molar-refractivity contribution in [1.29, 1.82) is 0 Å². The van der Waals surface area contributed by atoms with Crippen LogP contribution in [0.15, 0.2) is 73.3 Å². The van der Waals surface area contributed by atoms with E-state index < -0.39 is 0 Å². The quantitative estimate of drug-likeness (QED) is 0.387. The van der Waals surface area contributed by atoms with Gasteiger partial charge < -0.3 is 10.6 Å². The Morgan fingerprint density at radius 2 is 1.06 bits per heavy atom. The fourth-order valence-electron chi connectivity index (χ4n) is 4.16. The largest absolute Gasteiger partial charge is 0.348 e. The van der Waals surface area contributed by atoms with Crippen molar-refractivity contribution in [2.75, 3.05) is 10.6 Å². The summed E-state index contributed by atoms with van der Waals surface area (Å²) < 4.78 is 7.47. The molecular formula is C27H32N6O2+2. The number of benzene rings is 2. The smallest absolute Gasteiger partial charge is 0.315 e. The number of amides is 2. The molecule has 2 amide bonds. The van der Waals surface area contributed by atoms with E-state index >= 15 is 0 Å². The first kappa shape index (κ1) is 23.9. The van der Waals surface area contributed by atoms with E-state index in [4.69, 9.17) is 0 Å². The average Bonchev–Trinajstić information content (AvgIpc) is 3.43. The number of rotatable bonds is 8. The standard InChI is InChI=1S/C27H30N6O2/c1-5-32-17-15-30(3)26(32)24(34)28-22-11-7-20(8-12-22)19-21-9-13-23(14-10-21)29-25(35)27-31(4)16-18-33(27)6-2/h7-18H,5-6,19H2,1-4H3/p+2. The second kappa shape index (κ2) is 10.4. The van der Waals surface area contributed by atoms with Gasteiger partial charge in [-0.1, -0.05) is 24.3 Å². The van der Waals surface area contributed by atoms with Crippen molar-refractivity contribution in [3.05, 3.63) is 96.1 Å². The lowest BCUT2D eigenvalue weighted by molar-refractivity contribution is -0.672. The molecule has 8 nitrogen and oxygen atoms in total. The lowest BCUT2D eigenvalue weighted by atomic mass is 10.0. The molecule has 0 bridgehead atoms. The number of nitrogens with one attached hydrogen (secondary N) is 2. The topological polar surface area (TPSA) is 75.8 Å². The summed E-state index contributed by atoms with van der Waals surface area (Å²) in [4.78, 5) is 25.4. The number of carbonyl (C=O) groups excluding carboxylic acids is 2. The van der Waals surface area contributed by atoms with Gasteiger partial charge in [0.1, 0.15) is 24.8 Å². The van der Waals surface area contributed by atoms with E-state index in [1.54, 1.807) is 0 Å². The maximum absolute atomic E-state index is 12.7. The summed E-state index contributed by atoms with van der Waals surface area (Å²) >= 11 is 0. The highest BCUT2D eigenvalue weighted by Crippen LogP contribution is 2.17. The number of imidazole rings is 2. The van der Waals surface area contributed by atoms with Gasteiger partial charge in [0.25, 0.3) is 0 Å². The molecule has 180 valence electrons. The molecule has 2 heterocycles. The molecule has 0 aliphatic rings. The molecule has 0 unspecified atom stereocenters. The van der Waals surface area contributed by atoms with Crippen molar-refractivity contribution in [2.24, 2.45) is 14.1 Å². The summed E-state index contributed by atoms with van der Waals surface area (Å²) in [6, 6.07) is 15.7. The molecule has 35 heavy (non-hydrogen) atoms. The fraction of sp³-hybridized carbons (Fsp3) is 0.259. The Bertz CT molecular complexity index is 1230. The molecule has 2 aromatic heterocycles. The van der Waals surface area contributed by atoms with Gasteiger partial charge in [-0.2, -0.15) is 0 Å². The van der Waals surface area contributed by atoms with Crippen LogP contribution in [0.1, 0.15) is 46.2 Å². The summed E-state index contributed by atoms with van der Waals surface area (Å²) in [5, 5.41) is 5.95. The second-order valence-electron chi connectivity index (χ2n) is 8.52. The number of aromatic nitrogens is 4. The zero-order chi connectivity index (χ0) is 24.9. The summed E-state index contributed by atoms with van der Waals surface area (Å²) in [5.41, 5.74) is 3.78. The van der Waals surface area contributed by atoms with E-state index in [0.717, 1.165) is 42.0 Å². The first-order valence-corrected chi connectivity index (χ1v) is 11.8. The molecular weight excluding hydrogens is 440 g/mol. The van der Waals surface area contributed by atoms with E-state index in [9.17, 15) is 9.59 Å². The molecule has 0 spiro atoms. The minimum absolute atomic E-state index is 0.135. The normalized spacial score (nSPS) is 10.9. The summed E-state index contributed by atoms with van der Waals surface area (Å²) in [5.74, 6) is 0.954. The van der Waals surface area contributed by atoms with Crippen molar-refractivity contribution in [2.45, 2.75) is 33.4 Å². The van der Waals surface area contributed by atoms with E-state index in [1.807, 2.05) is 120 Å². The van der Waals surface area contributed by atoms with Crippen LogP contribution < -0.4 is 19.8 Å². The van der Waals surface area contributed by atoms with Gasteiger partial charge >= 0.3 is 23.5 Å². The Balaban J connectivity index is 1.36. The van der Waals surface area contributed by atoms with Crippen molar-refractivity contribution in [3.8, 4) is 0 Å². The first-order chi connectivity index (χ1) is 16.9. The highest BCUT2D eigenvalue weighted by molar-refractivity contribution is 6.01. The third-order valence-corrected chi connectivity index (χ3v) is 6.07. The molecule has 8 heteroatoms. The Kier molecular flexibility index (Phi) is 7.10. The van der Waals surface area contributed by atoms with E-state index in [-0.39, 0.29) is 11.8 Å². The second-order valence-corrected chi connectivity index (χ2v) is 8.52. The highest BCUT2D eigenvalue weighted by atomic mass is 16.2. The molecule has 0 saturated heterocycles. The SMILES string of the molecule is CCn1cc[n+](C)c1C(=O)Nc1ccc(Cc2ccc(NC(=O)c3n(CC)cc[n+]3C)cc2)cc1. The first-order valence-electron chi connectivity index (χ1n) is 11.8. The molecule has 2 aromatic carbocycles. The third-order valence-electron chi connectivity index (χ3n) is 6.07. The van der Waals surface area contributed by atoms with E-state index in [2.05, 4.69) is 10.6 Å². The maximum Gasteiger partial charge on any atom is 0.348 e. The van der Waals surface area contributed by atoms with Crippen molar-refractivity contribution < 1.29 is 18.7 Å². The van der Waals surface area contributed by atoms with Gasteiger partial charge in [0.2, 0.25) is 0 Å². The van der Waals surface area contributed by atoms with Crippen LogP contribution in [-0.4, -0.2) is 20.9 Å². The van der Waals surface area contributed by atoms with Gasteiger partial charge in [-0.15, -0.1) is 0 Å². The van der Waals surface area contributed by atoms with Crippen LogP contribution in [0.5, 0.6) is 0 Å². The average molecular weight is 473 g/mol. The van der Waals surface area contributed by atoms with Gasteiger partial charge in [0.15, 0.2) is 0 Å². The number of anilines is 2. The number of hydrogen-bond acceptors (Lipinski definition) is 2. The van der Waals surface area contributed by atoms with Crippen molar-refractivity contribution in [1.82, 2.24) is 9.13 Å². The Morgan fingerprint density at radius 1 is 0.686 bits per heavy atom. The van der Waals surface area contributed by atoms with Crippen molar-refractivity contribution in [3.63, 3.8) is 0 Å². The Hall–Kier alpha value is -4.20. The summed E-state index contributed by atoms with van der Waals surface area (Å²) in [6.07, 6.45) is 8.31. The zero-order valence-corrected chi connectivity index (χ0v) is 20.7. The fourth-order valence-corrected chi connectivity index (χ4v) is 4.16. The number of carbonyl (C=O) groups is 2. The Morgan fingerprint density at radius 3 is 1.40 bits per heavy atom. The Labute approximate surface area is 205 Å². The molecule has 0 atom stereocenters. The lowest BCUT2D eigenvalue weighted by Crippen LogP contribution is -2.37. The van der Waals surface area contributed by atoms with Gasteiger partial charge in [-0.25, -0.2) is 18.3 Å². The van der Waals surface area contributed by atoms with Gasteiger partial charge in [-0.3, -0.25) is 9.59 Å². The molecule has 0 aliphatic carbocycles. The van der Waals surface area contributed by atoms with Crippen LogP contribution in [0.25, 0.3) is 0 Å². The summed E-state index contributed by atoms with van der Waals surface area (Å²) in [7, 11) is 3.73. The molecule has 4 aromatic rings. The minimum atomic E-state index is -0.135. The van der Waals surface area contributed by atoms with Crippen LogP contribution in [0, 0.1) is 0 Å². The molecule has 0 aliphatic heterocycles. The van der Waals surface area contributed by atoms with Crippen LogP contribution in [0.2, 0.25) is 0 Å². The van der Waals surface area contributed by atoms with Crippen molar-refractivity contribution >= 4 is 23.2 Å². The van der Waals surface area contributed by atoms with E-state index in [1.165, 1.54) is 0 Å². The number of hydrogen-bond donors (Lipinski definition) is 2. The van der Waals surface area contributed by atoms with Gasteiger partial charge in [0.05, 0.1) is 27.2 Å². The molecule has 0 fully saturated rings.